The first kappa shape index (κ1) is 18.3. The zero-order valence-corrected chi connectivity index (χ0v) is 15.2. The fraction of sp³-hybridized carbons (Fsp3) is 0.333. The Balaban J connectivity index is 2.20. The Hall–Kier alpha value is -2.05. The van der Waals surface area contributed by atoms with Crippen molar-refractivity contribution in [1.82, 2.24) is 4.72 Å². The highest BCUT2D eigenvalue weighted by atomic mass is 32.2. The van der Waals surface area contributed by atoms with Gasteiger partial charge in [-0.25, -0.2) is 13.1 Å². The zero-order valence-electron chi connectivity index (χ0n) is 14.4. The van der Waals surface area contributed by atoms with Gasteiger partial charge in [0.1, 0.15) is 0 Å². The minimum atomic E-state index is -3.57. The largest absolute Gasteiger partial charge is 0.493 e. The Morgan fingerprint density at radius 2 is 1.79 bits per heavy atom. The van der Waals surface area contributed by atoms with Crippen molar-refractivity contribution in [2.75, 3.05) is 13.7 Å². The summed E-state index contributed by atoms with van der Waals surface area (Å²) in [5.41, 5.74) is 2.43. The van der Waals surface area contributed by atoms with Crippen LogP contribution in [0.2, 0.25) is 0 Å². The summed E-state index contributed by atoms with van der Waals surface area (Å²) in [6.07, 6.45) is 0. The van der Waals surface area contributed by atoms with Gasteiger partial charge in [-0.3, -0.25) is 0 Å². The third kappa shape index (κ3) is 4.27. The van der Waals surface area contributed by atoms with Crippen molar-refractivity contribution < 1.29 is 17.9 Å². The first-order chi connectivity index (χ1) is 11.4. The lowest BCUT2D eigenvalue weighted by Gasteiger charge is -2.13. The van der Waals surface area contributed by atoms with E-state index in [9.17, 15) is 8.42 Å². The molecule has 0 aromatic heterocycles. The molecule has 0 heterocycles. The van der Waals surface area contributed by atoms with Crippen LogP contribution in [0.3, 0.4) is 0 Å². The zero-order chi connectivity index (χ0) is 17.7. The number of ether oxygens (including phenoxy) is 2. The molecule has 0 radical (unpaired) electrons. The maximum Gasteiger partial charge on any atom is 0.241 e. The number of nitrogens with one attached hydrogen (secondary N) is 1. The molecule has 0 aliphatic heterocycles. The Bertz CT molecular complexity index is 816. The van der Waals surface area contributed by atoms with Gasteiger partial charge < -0.3 is 9.47 Å². The van der Waals surface area contributed by atoms with Crippen LogP contribution in [0.15, 0.2) is 41.3 Å². The minimum Gasteiger partial charge on any atom is -0.493 e. The van der Waals surface area contributed by atoms with E-state index in [0.717, 1.165) is 16.7 Å². The molecule has 0 aliphatic carbocycles. The monoisotopic (exact) mass is 349 g/mol. The summed E-state index contributed by atoms with van der Waals surface area (Å²) in [6, 6.07) is 10.8. The number of aryl methyl sites for hydroxylation is 2. The van der Waals surface area contributed by atoms with Gasteiger partial charge in [0.15, 0.2) is 11.5 Å². The van der Waals surface area contributed by atoms with Crippen LogP contribution in [0.1, 0.15) is 23.6 Å². The SMILES string of the molecule is CCOc1cc(CNS(=O)(=O)c2cc(C)ccc2C)ccc1OC. The third-order valence-corrected chi connectivity index (χ3v) is 5.17. The predicted molar refractivity (Wildman–Crippen MR) is 94.1 cm³/mol. The van der Waals surface area contributed by atoms with E-state index in [1.54, 1.807) is 32.2 Å². The third-order valence-electron chi connectivity index (χ3n) is 3.63. The van der Waals surface area contributed by atoms with Crippen molar-refractivity contribution in [2.24, 2.45) is 0 Å². The molecule has 2 aromatic carbocycles. The number of hydrogen-bond acceptors (Lipinski definition) is 4. The molecule has 24 heavy (non-hydrogen) atoms. The minimum absolute atomic E-state index is 0.180. The van der Waals surface area contributed by atoms with Crippen molar-refractivity contribution in [3.8, 4) is 11.5 Å². The maximum absolute atomic E-state index is 12.5. The van der Waals surface area contributed by atoms with Gasteiger partial charge in [0.2, 0.25) is 10.0 Å². The Kier molecular flexibility index (Phi) is 5.85. The normalized spacial score (nSPS) is 11.3. The molecular weight excluding hydrogens is 326 g/mol. The summed E-state index contributed by atoms with van der Waals surface area (Å²) >= 11 is 0. The van der Waals surface area contributed by atoms with E-state index in [1.165, 1.54) is 0 Å². The number of hydrogen-bond donors (Lipinski definition) is 1. The molecule has 1 N–H and O–H groups in total. The van der Waals surface area contributed by atoms with Crippen LogP contribution in [-0.2, 0) is 16.6 Å². The van der Waals surface area contributed by atoms with Gasteiger partial charge in [0, 0.05) is 6.54 Å². The maximum atomic E-state index is 12.5. The van der Waals surface area contributed by atoms with Crippen molar-refractivity contribution in [2.45, 2.75) is 32.2 Å². The van der Waals surface area contributed by atoms with Gasteiger partial charge in [0.25, 0.3) is 0 Å². The molecule has 0 saturated carbocycles. The highest BCUT2D eigenvalue weighted by molar-refractivity contribution is 7.89. The van der Waals surface area contributed by atoms with Gasteiger partial charge in [-0.2, -0.15) is 0 Å². The van der Waals surface area contributed by atoms with E-state index >= 15 is 0 Å². The first-order valence-electron chi connectivity index (χ1n) is 7.74. The van der Waals surface area contributed by atoms with Gasteiger partial charge in [-0.1, -0.05) is 18.2 Å². The predicted octanol–water partition coefficient (Wildman–Crippen LogP) is 3.19. The highest BCUT2D eigenvalue weighted by Crippen LogP contribution is 2.28. The summed E-state index contributed by atoms with van der Waals surface area (Å²) in [5, 5.41) is 0. The lowest BCUT2D eigenvalue weighted by Crippen LogP contribution is -2.24. The van der Waals surface area contributed by atoms with Crippen LogP contribution < -0.4 is 14.2 Å². The second-order valence-electron chi connectivity index (χ2n) is 5.51. The molecular formula is C18H23NO4S. The lowest BCUT2D eigenvalue weighted by atomic mass is 10.2. The molecule has 0 aliphatic rings. The van der Waals surface area contributed by atoms with Crippen molar-refractivity contribution in [3.05, 3.63) is 53.1 Å². The van der Waals surface area contributed by atoms with Crippen LogP contribution >= 0.6 is 0 Å². The Morgan fingerprint density at radius 3 is 2.46 bits per heavy atom. The standard InChI is InChI=1S/C18H23NO4S/c1-5-23-17-11-15(8-9-16(17)22-4)12-19-24(20,21)18-10-13(2)6-7-14(18)3/h6-11,19H,5,12H2,1-4H3. The second-order valence-corrected chi connectivity index (χ2v) is 7.25. The molecule has 0 bridgehead atoms. The lowest BCUT2D eigenvalue weighted by molar-refractivity contribution is 0.310. The molecule has 2 aromatic rings. The molecule has 5 nitrogen and oxygen atoms in total. The average Bonchev–Trinajstić information content (AvgIpc) is 2.55. The summed E-state index contributed by atoms with van der Waals surface area (Å²) < 4.78 is 38.5. The number of methoxy groups -OCH3 is 1. The van der Waals surface area contributed by atoms with E-state index in [-0.39, 0.29) is 6.54 Å². The summed E-state index contributed by atoms with van der Waals surface area (Å²) in [6.45, 7) is 6.23. The summed E-state index contributed by atoms with van der Waals surface area (Å²) in [4.78, 5) is 0.307. The van der Waals surface area contributed by atoms with Crippen molar-refractivity contribution in [1.29, 1.82) is 0 Å². The van der Waals surface area contributed by atoms with E-state index in [1.807, 2.05) is 32.0 Å². The number of benzene rings is 2. The fourth-order valence-electron chi connectivity index (χ4n) is 2.35. The number of sulfonamides is 1. The van der Waals surface area contributed by atoms with Crippen molar-refractivity contribution in [3.63, 3.8) is 0 Å². The molecule has 0 fully saturated rings. The van der Waals surface area contributed by atoms with E-state index in [4.69, 9.17) is 9.47 Å². The van der Waals surface area contributed by atoms with Gasteiger partial charge in [0.05, 0.1) is 18.6 Å². The smallest absolute Gasteiger partial charge is 0.241 e. The van der Waals surface area contributed by atoms with Crippen LogP contribution in [0.4, 0.5) is 0 Å². The highest BCUT2D eigenvalue weighted by Gasteiger charge is 2.17. The van der Waals surface area contributed by atoms with E-state index in [2.05, 4.69) is 4.72 Å². The van der Waals surface area contributed by atoms with Gasteiger partial charge in [-0.05, 0) is 55.7 Å². The number of rotatable bonds is 7. The quantitative estimate of drug-likeness (QED) is 0.834. The molecule has 0 unspecified atom stereocenters. The first-order valence-corrected chi connectivity index (χ1v) is 9.22. The van der Waals surface area contributed by atoms with E-state index in [0.29, 0.717) is 23.0 Å². The molecule has 6 heteroatoms. The summed E-state index contributed by atoms with van der Waals surface area (Å²) in [7, 11) is -2.00. The van der Waals surface area contributed by atoms with E-state index < -0.39 is 10.0 Å². The molecule has 0 amide bonds. The van der Waals surface area contributed by atoms with Gasteiger partial charge in [-0.15, -0.1) is 0 Å². The molecule has 0 saturated heterocycles. The van der Waals surface area contributed by atoms with Crippen LogP contribution in [-0.4, -0.2) is 22.1 Å². The van der Waals surface area contributed by atoms with Gasteiger partial charge >= 0.3 is 0 Å². The molecule has 2 rings (SSSR count). The average molecular weight is 349 g/mol. The fourth-order valence-corrected chi connectivity index (χ4v) is 3.70. The van der Waals surface area contributed by atoms with Crippen LogP contribution in [0.25, 0.3) is 0 Å². The van der Waals surface area contributed by atoms with Crippen LogP contribution in [0.5, 0.6) is 11.5 Å². The molecule has 0 spiro atoms. The topological polar surface area (TPSA) is 64.6 Å². The summed E-state index contributed by atoms with van der Waals surface area (Å²) in [5.74, 6) is 1.22. The van der Waals surface area contributed by atoms with Crippen molar-refractivity contribution >= 4 is 10.0 Å². The Morgan fingerprint density at radius 1 is 1.04 bits per heavy atom. The molecule has 0 atom stereocenters. The Labute approximate surface area is 143 Å². The van der Waals surface area contributed by atoms with Crippen LogP contribution in [0, 0.1) is 13.8 Å². The molecule has 130 valence electrons. The second kappa shape index (κ2) is 7.68.